The molecule has 30 heavy (non-hydrogen) atoms. The summed E-state index contributed by atoms with van der Waals surface area (Å²) in [5.41, 5.74) is 10.5. The summed E-state index contributed by atoms with van der Waals surface area (Å²) >= 11 is 0. The number of hydrogen-bond donors (Lipinski definition) is 1. The maximum Gasteiger partial charge on any atom is 0.0922 e. The maximum absolute atomic E-state index is 5.91. The van der Waals surface area contributed by atoms with E-state index in [1.807, 2.05) is 6.21 Å². The zero-order valence-electron chi connectivity index (χ0n) is 18.5. The topological polar surface area (TPSA) is 70.6 Å². The van der Waals surface area contributed by atoms with Gasteiger partial charge in [0.25, 0.3) is 0 Å². The number of fused-ring (bicyclic) bond motifs is 1. The molecule has 1 saturated carbocycles. The van der Waals surface area contributed by atoms with E-state index in [4.69, 9.17) is 15.7 Å². The number of aliphatic imine (C=N–C) groups is 1. The van der Waals surface area contributed by atoms with Gasteiger partial charge in [-0.15, -0.1) is 0 Å². The summed E-state index contributed by atoms with van der Waals surface area (Å²) in [5, 5.41) is 0. The van der Waals surface area contributed by atoms with Gasteiger partial charge < -0.3 is 15.5 Å². The highest BCUT2D eigenvalue weighted by molar-refractivity contribution is 6.09. The predicted octanol–water partition coefficient (Wildman–Crippen LogP) is 3.72. The molecular formula is C24H34N6. The minimum absolute atomic E-state index is 0.427. The largest absolute Gasteiger partial charge is 0.404 e. The summed E-state index contributed by atoms with van der Waals surface area (Å²) in [6.07, 6.45) is 10.2. The van der Waals surface area contributed by atoms with Gasteiger partial charge in [-0.1, -0.05) is 19.8 Å². The Kier molecular flexibility index (Phi) is 6.32. The van der Waals surface area contributed by atoms with Crippen LogP contribution in [0.25, 0.3) is 16.6 Å². The minimum Gasteiger partial charge on any atom is -0.404 e. The van der Waals surface area contributed by atoms with Crippen molar-refractivity contribution >= 4 is 28.5 Å². The van der Waals surface area contributed by atoms with Crippen molar-refractivity contribution in [3.63, 3.8) is 0 Å². The highest BCUT2D eigenvalue weighted by atomic mass is 15.3. The van der Waals surface area contributed by atoms with Crippen LogP contribution in [0.4, 0.5) is 5.69 Å². The first kappa shape index (κ1) is 20.8. The van der Waals surface area contributed by atoms with Crippen LogP contribution in [-0.2, 0) is 0 Å². The first-order valence-electron chi connectivity index (χ1n) is 11.2. The van der Waals surface area contributed by atoms with E-state index in [2.05, 4.69) is 53.9 Å². The molecular weight excluding hydrogens is 372 g/mol. The zero-order valence-corrected chi connectivity index (χ0v) is 18.5. The van der Waals surface area contributed by atoms with E-state index in [1.54, 1.807) is 12.4 Å². The number of hydrogen-bond acceptors (Lipinski definition) is 6. The average molecular weight is 407 g/mol. The fraction of sp³-hybridized carbons (Fsp3) is 0.542. The highest BCUT2D eigenvalue weighted by Crippen LogP contribution is 2.33. The molecule has 0 amide bonds. The van der Waals surface area contributed by atoms with Crippen LogP contribution in [0.5, 0.6) is 0 Å². The molecule has 1 aromatic heterocycles. The van der Waals surface area contributed by atoms with Crippen molar-refractivity contribution in [3.05, 3.63) is 36.3 Å². The Bertz CT molecular complexity index is 930. The van der Waals surface area contributed by atoms with Crippen LogP contribution in [0.3, 0.4) is 0 Å². The lowest BCUT2D eigenvalue weighted by Crippen LogP contribution is -2.50. The molecule has 6 heteroatoms. The van der Waals surface area contributed by atoms with E-state index in [9.17, 15) is 0 Å². The van der Waals surface area contributed by atoms with Crippen molar-refractivity contribution in [3.8, 4) is 0 Å². The summed E-state index contributed by atoms with van der Waals surface area (Å²) < 4.78 is 0. The molecule has 1 aliphatic heterocycles. The van der Waals surface area contributed by atoms with Crippen LogP contribution in [0.1, 0.15) is 45.2 Å². The first-order chi connectivity index (χ1) is 14.6. The molecule has 2 heterocycles. The molecule has 6 nitrogen and oxygen atoms in total. The smallest absolute Gasteiger partial charge is 0.0922 e. The zero-order chi connectivity index (χ0) is 21.1. The molecule has 1 atom stereocenters. The van der Waals surface area contributed by atoms with Crippen molar-refractivity contribution in [2.24, 2.45) is 16.6 Å². The summed E-state index contributed by atoms with van der Waals surface area (Å²) in [4.78, 5) is 19.1. The molecule has 0 spiro atoms. The SMILES string of the molecule is CCCC1CC(N=CC(=CN)c2cnc3ccc(N4CCN(C)C(C)C4)cc3n2)C1. The van der Waals surface area contributed by atoms with E-state index < -0.39 is 0 Å². The van der Waals surface area contributed by atoms with E-state index in [0.29, 0.717) is 12.1 Å². The molecule has 0 bridgehead atoms. The lowest BCUT2D eigenvalue weighted by molar-refractivity contribution is 0.234. The Morgan fingerprint density at radius 2 is 2.10 bits per heavy atom. The van der Waals surface area contributed by atoms with Gasteiger partial charge in [0.2, 0.25) is 0 Å². The number of benzene rings is 1. The second-order valence-corrected chi connectivity index (χ2v) is 8.88. The van der Waals surface area contributed by atoms with Crippen molar-refractivity contribution < 1.29 is 0 Å². The molecule has 1 unspecified atom stereocenters. The summed E-state index contributed by atoms with van der Waals surface area (Å²) in [6, 6.07) is 7.33. The quantitative estimate of drug-likeness (QED) is 0.741. The summed E-state index contributed by atoms with van der Waals surface area (Å²) in [7, 11) is 2.19. The monoisotopic (exact) mass is 406 g/mol. The Morgan fingerprint density at radius 3 is 2.83 bits per heavy atom. The Labute approximate surface area is 179 Å². The normalized spacial score (nSPS) is 25.8. The minimum atomic E-state index is 0.427. The molecule has 1 saturated heterocycles. The van der Waals surface area contributed by atoms with Crippen LogP contribution in [0, 0.1) is 5.92 Å². The Balaban J connectivity index is 1.50. The Morgan fingerprint density at radius 1 is 1.27 bits per heavy atom. The molecule has 0 radical (unpaired) electrons. The first-order valence-corrected chi connectivity index (χ1v) is 11.2. The van der Waals surface area contributed by atoms with Crippen LogP contribution in [0.2, 0.25) is 0 Å². The number of aromatic nitrogens is 2. The summed E-state index contributed by atoms with van der Waals surface area (Å²) in [5.74, 6) is 0.846. The van der Waals surface area contributed by atoms with Gasteiger partial charge in [0.1, 0.15) is 0 Å². The van der Waals surface area contributed by atoms with Gasteiger partial charge in [-0.3, -0.25) is 9.98 Å². The second kappa shape index (κ2) is 9.13. The molecule has 2 aromatic rings. The lowest BCUT2D eigenvalue weighted by atomic mass is 9.78. The average Bonchev–Trinajstić information content (AvgIpc) is 2.73. The molecule has 1 aromatic carbocycles. The Hall–Kier alpha value is -2.47. The predicted molar refractivity (Wildman–Crippen MR) is 126 cm³/mol. The number of anilines is 1. The molecule has 160 valence electrons. The third kappa shape index (κ3) is 4.48. The van der Waals surface area contributed by atoms with Gasteiger partial charge in [-0.2, -0.15) is 0 Å². The standard InChI is InChI=1S/C24H34N6/c1-4-5-18-10-20(11-18)26-14-19(13-25)24-15-27-22-7-6-21(12-23(22)28-24)30-9-8-29(3)17(2)16-30/h6-7,12-15,17-18,20H,4-5,8-11,16,25H2,1-3H3. The van der Waals surface area contributed by atoms with E-state index in [0.717, 1.165) is 47.9 Å². The number of nitrogens with two attached hydrogens (primary N) is 1. The van der Waals surface area contributed by atoms with Gasteiger partial charge in [-0.25, -0.2) is 4.98 Å². The van der Waals surface area contributed by atoms with Crippen molar-refractivity contribution in [2.45, 2.75) is 51.6 Å². The van der Waals surface area contributed by atoms with Crippen LogP contribution < -0.4 is 10.6 Å². The molecule has 1 aliphatic carbocycles. The third-order valence-electron chi connectivity index (χ3n) is 6.66. The molecule has 4 rings (SSSR count). The summed E-state index contributed by atoms with van der Waals surface area (Å²) in [6.45, 7) is 7.65. The van der Waals surface area contributed by atoms with Gasteiger partial charge in [0.05, 0.1) is 29.0 Å². The molecule has 2 aliphatic rings. The van der Waals surface area contributed by atoms with Crippen molar-refractivity contribution in [1.29, 1.82) is 0 Å². The number of allylic oxidation sites excluding steroid dienone is 1. The number of likely N-dealkylation sites (N-methyl/N-ethyl adjacent to an activating group) is 1. The van der Waals surface area contributed by atoms with E-state index in [-0.39, 0.29) is 0 Å². The van der Waals surface area contributed by atoms with E-state index >= 15 is 0 Å². The number of rotatable bonds is 6. The van der Waals surface area contributed by atoms with Crippen LogP contribution in [0.15, 0.2) is 35.6 Å². The van der Waals surface area contributed by atoms with Crippen molar-refractivity contribution in [2.75, 3.05) is 31.6 Å². The van der Waals surface area contributed by atoms with Gasteiger partial charge in [-0.05, 0) is 50.9 Å². The number of nitrogens with zero attached hydrogens (tertiary/aromatic N) is 5. The maximum atomic E-state index is 5.91. The third-order valence-corrected chi connectivity index (χ3v) is 6.66. The highest BCUT2D eigenvalue weighted by Gasteiger charge is 2.27. The van der Waals surface area contributed by atoms with Gasteiger partial charge >= 0.3 is 0 Å². The van der Waals surface area contributed by atoms with Gasteiger partial charge in [0, 0.05) is 49.4 Å². The van der Waals surface area contributed by atoms with E-state index in [1.165, 1.54) is 31.4 Å². The van der Waals surface area contributed by atoms with Crippen molar-refractivity contribution in [1.82, 2.24) is 14.9 Å². The van der Waals surface area contributed by atoms with Crippen LogP contribution >= 0.6 is 0 Å². The fourth-order valence-electron chi connectivity index (χ4n) is 4.47. The fourth-order valence-corrected chi connectivity index (χ4v) is 4.47. The lowest BCUT2D eigenvalue weighted by Gasteiger charge is -2.39. The van der Waals surface area contributed by atoms with Crippen LogP contribution in [-0.4, -0.2) is 59.8 Å². The number of piperazine rings is 1. The second-order valence-electron chi connectivity index (χ2n) is 8.88. The molecule has 2 N–H and O–H groups in total. The molecule has 2 fully saturated rings. The van der Waals surface area contributed by atoms with Gasteiger partial charge in [0.15, 0.2) is 0 Å².